The minimum Gasteiger partial charge on any atom is -0.506 e. The lowest BCUT2D eigenvalue weighted by Gasteiger charge is -2.10. The van der Waals surface area contributed by atoms with E-state index in [0.717, 1.165) is 22.8 Å². The summed E-state index contributed by atoms with van der Waals surface area (Å²) < 4.78 is 7.30. The topological polar surface area (TPSA) is 46.8 Å². The van der Waals surface area contributed by atoms with Crippen LogP contribution in [0.2, 0.25) is 0 Å². The molecule has 0 atom stereocenters. The number of aromatic hydroxyl groups is 1. The first-order valence-corrected chi connectivity index (χ1v) is 7.34. The second-order valence-electron chi connectivity index (χ2n) is 5.18. The molecule has 23 heavy (non-hydrogen) atoms. The lowest BCUT2D eigenvalue weighted by atomic mass is 10.3. The van der Waals surface area contributed by atoms with Gasteiger partial charge < -0.3 is 14.4 Å². The Kier molecular flexibility index (Phi) is 4.15. The van der Waals surface area contributed by atoms with Gasteiger partial charge in [0.15, 0.2) is 0 Å². The first kappa shape index (κ1) is 14.9. The summed E-state index contributed by atoms with van der Waals surface area (Å²) in [7, 11) is 1.65. The van der Waals surface area contributed by atoms with E-state index in [0.29, 0.717) is 5.69 Å². The number of para-hydroxylation sites is 2. The van der Waals surface area contributed by atoms with Crippen molar-refractivity contribution in [2.45, 2.75) is 6.92 Å². The Labute approximate surface area is 135 Å². The fourth-order valence-corrected chi connectivity index (χ4v) is 2.45. The molecule has 2 aromatic carbocycles. The minimum absolute atomic E-state index is 0.169. The van der Waals surface area contributed by atoms with E-state index in [1.54, 1.807) is 31.5 Å². The van der Waals surface area contributed by atoms with Gasteiger partial charge in [0.25, 0.3) is 0 Å². The highest BCUT2D eigenvalue weighted by Crippen LogP contribution is 2.25. The first-order chi connectivity index (χ1) is 11.2. The van der Waals surface area contributed by atoms with Gasteiger partial charge in [-0.2, -0.15) is 0 Å². The monoisotopic (exact) mass is 306 g/mol. The van der Waals surface area contributed by atoms with E-state index in [-0.39, 0.29) is 5.75 Å². The molecule has 116 valence electrons. The van der Waals surface area contributed by atoms with E-state index >= 15 is 0 Å². The van der Waals surface area contributed by atoms with Gasteiger partial charge in [-0.25, -0.2) is 0 Å². The highest BCUT2D eigenvalue weighted by atomic mass is 16.5. The van der Waals surface area contributed by atoms with Gasteiger partial charge in [-0.1, -0.05) is 12.1 Å². The molecule has 1 heterocycles. The molecule has 0 aliphatic heterocycles. The van der Waals surface area contributed by atoms with Crippen molar-refractivity contribution in [2.24, 2.45) is 4.99 Å². The van der Waals surface area contributed by atoms with Gasteiger partial charge in [-0.15, -0.1) is 0 Å². The number of rotatable bonds is 4. The zero-order chi connectivity index (χ0) is 16.2. The third kappa shape index (κ3) is 3.11. The average Bonchev–Trinajstić information content (AvgIpc) is 2.95. The van der Waals surface area contributed by atoms with Gasteiger partial charge in [0, 0.05) is 11.4 Å². The van der Waals surface area contributed by atoms with Crippen molar-refractivity contribution >= 4 is 11.9 Å². The average molecular weight is 306 g/mol. The van der Waals surface area contributed by atoms with E-state index in [1.807, 2.05) is 49.4 Å². The number of nitrogens with zero attached hydrogens (tertiary/aromatic N) is 2. The fraction of sp³-hybridized carbons (Fsp3) is 0.105. The second kappa shape index (κ2) is 6.40. The predicted molar refractivity (Wildman–Crippen MR) is 92.4 cm³/mol. The van der Waals surface area contributed by atoms with E-state index in [1.165, 1.54) is 0 Å². The molecule has 0 radical (unpaired) electrons. The van der Waals surface area contributed by atoms with Crippen LogP contribution >= 0.6 is 0 Å². The van der Waals surface area contributed by atoms with Gasteiger partial charge in [0.1, 0.15) is 17.2 Å². The molecular weight excluding hydrogens is 288 g/mol. The molecule has 0 bridgehead atoms. The number of hydrogen-bond acceptors (Lipinski definition) is 3. The lowest BCUT2D eigenvalue weighted by Crippen LogP contribution is -2.01. The van der Waals surface area contributed by atoms with Crippen LogP contribution < -0.4 is 4.74 Å². The van der Waals surface area contributed by atoms with E-state index in [9.17, 15) is 5.11 Å². The molecule has 1 N–H and O–H groups in total. The quantitative estimate of drug-likeness (QED) is 0.732. The summed E-state index contributed by atoms with van der Waals surface area (Å²) in [6.07, 6.45) is 1.76. The highest BCUT2D eigenvalue weighted by Gasteiger charge is 2.06. The normalized spacial score (nSPS) is 11.0. The zero-order valence-electron chi connectivity index (χ0n) is 13.1. The molecule has 0 aliphatic carbocycles. The smallest absolute Gasteiger partial charge is 0.141 e. The van der Waals surface area contributed by atoms with Gasteiger partial charge >= 0.3 is 0 Å². The molecule has 4 nitrogen and oxygen atoms in total. The molecule has 3 aromatic rings. The summed E-state index contributed by atoms with van der Waals surface area (Å²) in [4.78, 5) is 4.39. The number of ether oxygens (including phenoxy) is 1. The van der Waals surface area contributed by atoms with Crippen molar-refractivity contribution in [1.29, 1.82) is 0 Å². The van der Waals surface area contributed by atoms with Crippen LogP contribution in [0.3, 0.4) is 0 Å². The van der Waals surface area contributed by atoms with Crippen LogP contribution in [0.5, 0.6) is 11.5 Å². The van der Waals surface area contributed by atoms with Crippen LogP contribution in [-0.2, 0) is 0 Å². The molecule has 4 heteroatoms. The summed E-state index contributed by atoms with van der Waals surface area (Å²) in [6.45, 7) is 2.04. The van der Waals surface area contributed by atoms with Crippen LogP contribution in [0, 0.1) is 6.92 Å². The maximum Gasteiger partial charge on any atom is 0.141 e. The third-order valence-corrected chi connectivity index (χ3v) is 3.65. The number of hydrogen-bond donors (Lipinski definition) is 1. The Hall–Kier alpha value is -3.01. The van der Waals surface area contributed by atoms with Crippen molar-refractivity contribution < 1.29 is 9.84 Å². The Morgan fingerprint density at radius 1 is 1.00 bits per heavy atom. The third-order valence-electron chi connectivity index (χ3n) is 3.65. The largest absolute Gasteiger partial charge is 0.506 e. The molecule has 0 amide bonds. The maximum absolute atomic E-state index is 9.80. The molecule has 3 rings (SSSR count). The predicted octanol–water partition coefficient (Wildman–Crippen LogP) is 4.25. The van der Waals surface area contributed by atoms with Crippen molar-refractivity contribution in [3.8, 4) is 17.2 Å². The second-order valence-corrected chi connectivity index (χ2v) is 5.18. The highest BCUT2D eigenvalue weighted by molar-refractivity contribution is 5.82. The van der Waals surface area contributed by atoms with Crippen LogP contribution in [0.25, 0.3) is 5.69 Å². The van der Waals surface area contributed by atoms with Gasteiger partial charge in [0.2, 0.25) is 0 Å². The number of aliphatic imine (C=N–C) groups is 1. The zero-order valence-corrected chi connectivity index (χ0v) is 13.1. The fourth-order valence-electron chi connectivity index (χ4n) is 2.45. The number of phenols is 1. The van der Waals surface area contributed by atoms with Gasteiger partial charge in [-0.3, -0.25) is 4.99 Å². The lowest BCUT2D eigenvalue weighted by molar-refractivity contribution is 0.414. The van der Waals surface area contributed by atoms with Gasteiger partial charge in [-0.05, 0) is 55.5 Å². The van der Waals surface area contributed by atoms with E-state index in [2.05, 4.69) is 9.56 Å². The number of phenolic OH excluding ortho intramolecular Hbond substituents is 1. The maximum atomic E-state index is 9.80. The number of aryl methyl sites for hydroxylation is 1. The molecule has 0 aliphatic rings. The molecular formula is C19H18N2O2. The number of aromatic nitrogens is 1. The van der Waals surface area contributed by atoms with Crippen molar-refractivity contribution in [3.63, 3.8) is 0 Å². The van der Waals surface area contributed by atoms with Crippen molar-refractivity contribution in [1.82, 2.24) is 4.57 Å². The molecule has 0 saturated carbocycles. The van der Waals surface area contributed by atoms with Crippen molar-refractivity contribution in [3.05, 3.63) is 72.1 Å². The Morgan fingerprint density at radius 2 is 1.74 bits per heavy atom. The van der Waals surface area contributed by atoms with Crippen LogP contribution in [-0.4, -0.2) is 23.0 Å². The standard InChI is InChI=1S/C19H18N2O2/c1-14-7-8-16(13-20-18-5-3-4-6-19(18)22)21(14)15-9-11-17(23-2)12-10-15/h3-13,22H,1-2H3. The van der Waals surface area contributed by atoms with E-state index in [4.69, 9.17) is 4.74 Å². The molecule has 0 saturated heterocycles. The Balaban J connectivity index is 1.97. The number of benzene rings is 2. The van der Waals surface area contributed by atoms with E-state index < -0.39 is 0 Å². The summed E-state index contributed by atoms with van der Waals surface area (Å²) >= 11 is 0. The molecule has 0 unspecified atom stereocenters. The summed E-state index contributed by atoms with van der Waals surface area (Å²) in [6, 6.07) is 18.9. The molecule has 1 aromatic heterocycles. The minimum atomic E-state index is 0.169. The number of methoxy groups -OCH3 is 1. The van der Waals surface area contributed by atoms with Crippen LogP contribution in [0.1, 0.15) is 11.4 Å². The Bertz CT molecular complexity index is 833. The van der Waals surface area contributed by atoms with Gasteiger partial charge in [0.05, 0.1) is 19.0 Å². The Morgan fingerprint density at radius 3 is 2.43 bits per heavy atom. The summed E-state index contributed by atoms with van der Waals surface area (Å²) in [5.74, 6) is 0.992. The molecule has 0 spiro atoms. The first-order valence-electron chi connectivity index (χ1n) is 7.34. The summed E-state index contributed by atoms with van der Waals surface area (Å²) in [5.41, 5.74) is 3.63. The van der Waals surface area contributed by atoms with Crippen LogP contribution in [0.15, 0.2) is 65.7 Å². The van der Waals surface area contributed by atoms with Crippen LogP contribution in [0.4, 0.5) is 5.69 Å². The SMILES string of the molecule is COc1ccc(-n2c(C)ccc2C=Nc2ccccc2O)cc1. The van der Waals surface area contributed by atoms with Crippen molar-refractivity contribution in [2.75, 3.05) is 7.11 Å². The molecule has 0 fully saturated rings. The summed E-state index contributed by atoms with van der Waals surface area (Å²) in [5, 5.41) is 9.80.